The van der Waals surface area contributed by atoms with E-state index >= 15 is 0 Å². The zero-order chi connectivity index (χ0) is 15.1. The van der Waals surface area contributed by atoms with Gasteiger partial charge < -0.3 is 14.8 Å². The summed E-state index contributed by atoms with van der Waals surface area (Å²) in [7, 11) is 0. The van der Waals surface area contributed by atoms with Crippen LogP contribution in [-0.4, -0.2) is 31.1 Å². The number of halogens is 2. The van der Waals surface area contributed by atoms with Crippen LogP contribution in [0.25, 0.3) is 0 Å². The third-order valence-electron chi connectivity index (χ3n) is 2.33. The molecule has 1 rings (SSSR count). The van der Waals surface area contributed by atoms with Crippen molar-refractivity contribution in [3.8, 4) is 5.75 Å². The monoisotopic (exact) mass is 287 g/mol. The average molecular weight is 287 g/mol. The van der Waals surface area contributed by atoms with Crippen LogP contribution in [0, 0.1) is 0 Å². The van der Waals surface area contributed by atoms with Gasteiger partial charge in [-0.15, -0.1) is 0 Å². The first kappa shape index (κ1) is 15.9. The summed E-state index contributed by atoms with van der Waals surface area (Å²) in [6.45, 7) is 0.452. The highest BCUT2D eigenvalue weighted by Gasteiger charge is 2.21. The summed E-state index contributed by atoms with van der Waals surface area (Å²) in [5.74, 6) is -1.66. The molecule has 1 amide bonds. The Kier molecular flexibility index (Phi) is 5.89. The Morgan fingerprint density at radius 2 is 1.95 bits per heavy atom. The molecule has 20 heavy (non-hydrogen) atoms. The lowest BCUT2D eigenvalue weighted by atomic mass is 10.2. The summed E-state index contributed by atoms with van der Waals surface area (Å²) >= 11 is 0. The maximum Gasteiger partial charge on any atom is 0.387 e. The van der Waals surface area contributed by atoms with Crippen molar-refractivity contribution in [2.45, 2.75) is 26.6 Å². The molecule has 0 heterocycles. The number of alkyl halides is 2. The van der Waals surface area contributed by atoms with Crippen LogP contribution in [-0.2, 0) is 9.53 Å². The van der Waals surface area contributed by atoms with Crippen LogP contribution in [0.2, 0.25) is 0 Å². The summed E-state index contributed by atoms with van der Waals surface area (Å²) in [6, 6.07) is 5.43. The quantitative estimate of drug-likeness (QED) is 0.812. The number of amides is 1. The fourth-order valence-electron chi connectivity index (χ4n) is 1.43. The molecule has 0 fully saturated rings. The summed E-state index contributed by atoms with van der Waals surface area (Å²) in [5.41, 5.74) is -0.163. The van der Waals surface area contributed by atoms with Gasteiger partial charge in [-0.3, -0.25) is 4.79 Å². The average Bonchev–Trinajstić information content (AvgIpc) is 2.38. The molecule has 1 atom stereocenters. The molecule has 110 valence electrons. The Bertz CT molecular complexity index is 479. The van der Waals surface area contributed by atoms with Crippen molar-refractivity contribution in [1.82, 2.24) is 5.32 Å². The number of para-hydroxylation sites is 1. The lowest BCUT2D eigenvalue weighted by Crippen LogP contribution is -2.35. The van der Waals surface area contributed by atoms with Gasteiger partial charge in [0, 0.05) is 6.54 Å². The molecule has 0 bridgehead atoms. The number of carbonyl (C=O) groups is 2. The summed E-state index contributed by atoms with van der Waals surface area (Å²) in [6.07, 6.45) is -1.03. The van der Waals surface area contributed by atoms with Gasteiger partial charge in [0.05, 0.1) is 0 Å². The number of nitrogens with one attached hydrogen (secondary N) is 1. The lowest BCUT2D eigenvalue weighted by Gasteiger charge is -2.14. The summed E-state index contributed by atoms with van der Waals surface area (Å²) in [4.78, 5) is 23.3. The Hall–Kier alpha value is -2.18. The van der Waals surface area contributed by atoms with Gasteiger partial charge in [-0.05, 0) is 26.0 Å². The maximum atomic E-state index is 12.2. The van der Waals surface area contributed by atoms with Gasteiger partial charge in [0.15, 0.2) is 6.10 Å². The molecule has 0 unspecified atom stereocenters. The number of benzene rings is 1. The van der Waals surface area contributed by atoms with Crippen LogP contribution in [0.1, 0.15) is 24.2 Å². The highest BCUT2D eigenvalue weighted by molar-refractivity contribution is 5.94. The minimum atomic E-state index is -3.05. The fraction of sp³-hybridized carbons (Fsp3) is 0.385. The smallest absolute Gasteiger partial charge is 0.387 e. The van der Waals surface area contributed by atoms with Gasteiger partial charge >= 0.3 is 12.6 Å². The molecular formula is C13H15F2NO4. The molecule has 0 radical (unpaired) electrons. The van der Waals surface area contributed by atoms with E-state index in [0.29, 0.717) is 6.54 Å². The van der Waals surface area contributed by atoms with Crippen LogP contribution < -0.4 is 10.1 Å². The van der Waals surface area contributed by atoms with E-state index in [1.54, 1.807) is 6.92 Å². The topological polar surface area (TPSA) is 64.6 Å². The highest BCUT2D eigenvalue weighted by Crippen LogP contribution is 2.21. The van der Waals surface area contributed by atoms with Gasteiger partial charge in [0.2, 0.25) is 0 Å². The van der Waals surface area contributed by atoms with Crippen LogP contribution >= 0.6 is 0 Å². The number of hydrogen-bond acceptors (Lipinski definition) is 4. The predicted molar refractivity (Wildman–Crippen MR) is 66.6 cm³/mol. The molecule has 1 N–H and O–H groups in total. The van der Waals surface area contributed by atoms with Gasteiger partial charge in [-0.1, -0.05) is 12.1 Å². The molecule has 1 aromatic rings. The van der Waals surface area contributed by atoms with Crippen molar-refractivity contribution in [1.29, 1.82) is 0 Å². The normalized spacial score (nSPS) is 11.8. The molecule has 0 aliphatic carbocycles. The van der Waals surface area contributed by atoms with Crippen LogP contribution in [0.4, 0.5) is 8.78 Å². The largest absolute Gasteiger partial charge is 0.449 e. The number of ether oxygens (including phenoxy) is 2. The van der Waals surface area contributed by atoms with Gasteiger partial charge in [0.25, 0.3) is 5.91 Å². The number of hydrogen-bond donors (Lipinski definition) is 1. The van der Waals surface area contributed by atoms with Crippen molar-refractivity contribution in [3.63, 3.8) is 0 Å². The number of likely N-dealkylation sites (N-methyl/N-ethyl adjacent to an activating group) is 1. The number of rotatable bonds is 6. The zero-order valence-electron chi connectivity index (χ0n) is 11.1. The molecule has 0 saturated heterocycles. The van der Waals surface area contributed by atoms with E-state index in [2.05, 4.69) is 10.1 Å². The molecule has 1 aromatic carbocycles. The molecule has 5 nitrogen and oxygen atoms in total. The van der Waals surface area contributed by atoms with E-state index in [4.69, 9.17) is 4.74 Å². The second kappa shape index (κ2) is 7.42. The van der Waals surface area contributed by atoms with Crippen LogP contribution in [0.3, 0.4) is 0 Å². The SMILES string of the molecule is CCNC(=O)[C@H](C)OC(=O)c1ccccc1OC(F)F. The first-order valence-corrected chi connectivity index (χ1v) is 5.98. The molecular weight excluding hydrogens is 272 g/mol. The van der Waals surface area contributed by atoms with Crippen molar-refractivity contribution in [3.05, 3.63) is 29.8 Å². The van der Waals surface area contributed by atoms with E-state index in [1.165, 1.54) is 31.2 Å². The summed E-state index contributed by atoms with van der Waals surface area (Å²) in [5, 5.41) is 2.48. The molecule has 0 aromatic heterocycles. The van der Waals surface area contributed by atoms with E-state index in [1.807, 2.05) is 0 Å². The number of carbonyl (C=O) groups excluding carboxylic acids is 2. The Balaban J connectivity index is 2.79. The minimum Gasteiger partial charge on any atom is -0.449 e. The molecule has 0 spiro atoms. The highest BCUT2D eigenvalue weighted by atomic mass is 19.3. The molecule has 0 aliphatic heterocycles. The fourth-order valence-corrected chi connectivity index (χ4v) is 1.43. The first-order valence-electron chi connectivity index (χ1n) is 5.98. The Morgan fingerprint density at radius 1 is 1.30 bits per heavy atom. The van der Waals surface area contributed by atoms with Crippen molar-refractivity contribution in [2.75, 3.05) is 6.54 Å². The van der Waals surface area contributed by atoms with Crippen LogP contribution in [0.15, 0.2) is 24.3 Å². The third-order valence-corrected chi connectivity index (χ3v) is 2.33. The Labute approximate surface area is 114 Å². The second-order valence-electron chi connectivity index (χ2n) is 3.82. The number of esters is 1. The van der Waals surface area contributed by atoms with E-state index in [0.717, 1.165) is 0 Å². The van der Waals surface area contributed by atoms with E-state index < -0.39 is 24.6 Å². The summed E-state index contributed by atoms with van der Waals surface area (Å²) < 4.78 is 33.6. The van der Waals surface area contributed by atoms with Crippen molar-refractivity contribution in [2.24, 2.45) is 0 Å². The van der Waals surface area contributed by atoms with Gasteiger partial charge in [-0.2, -0.15) is 8.78 Å². The van der Waals surface area contributed by atoms with Crippen LogP contribution in [0.5, 0.6) is 5.75 Å². The van der Waals surface area contributed by atoms with E-state index in [9.17, 15) is 18.4 Å². The van der Waals surface area contributed by atoms with Gasteiger partial charge in [0.1, 0.15) is 11.3 Å². The predicted octanol–water partition coefficient (Wildman–Crippen LogP) is 1.97. The lowest BCUT2D eigenvalue weighted by molar-refractivity contribution is -0.129. The first-order chi connectivity index (χ1) is 9.45. The standard InChI is InChI=1S/C13H15F2NO4/c1-3-16-11(17)8(2)19-12(18)9-6-4-5-7-10(9)20-13(14)15/h4-8,13H,3H2,1-2H3,(H,16,17)/t8-/m0/s1. The Morgan fingerprint density at radius 3 is 2.55 bits per heavy atom. The van der Waals surface area contributed by atoms with Crippen molar-refractivity contribution < 1.29 is 27.8 Å². The zero-order valence-corrected chi connectivity index (χ0v) is 11.1. The van der Waals surface area contributed by atoms with Gasteiger partial charge in [-0.25, -0.2) is 4.79 Å². The third kappa shape index (κ3) is 4.49. The minimum absolute atomic E-state index is 0.163. The van der Waals surface area contributed by atoms with Crippen molar-refractivity contribution >= 4 is 11.9 Å². The molecule has 0 saturated carbocycles. The maximum absolute atomic E-state index is 12.2. The molecule has 0 aliphatic rings. The second-order valence-corrected chi connectivity index (χ2v) is 3.82. The van der Waals surface area contributed by atoms with E-state index in [-0.39, 0.29) is 11.3 Å². The molecule has 7 heteroatoms.